The first-order valence-corrected chi connectivity index (χ1v) is 8.59. The van der Waals surface area contributed by atoms with E-state index in [1.807, 2.05) is 12.1 Å². The van der Waals surface area contributed by atoms with Gasteiger partial charge in [-0.1, -0.05) is 32.9 Å². The molecule has 1 heterocycles. The van der Waals surface area contributed by atoms with Crippen LogP contribution < -0.4 is 4.90 Å². The zero-order chi connectivity index (χ0) is 18.4. The molecular weight excluding hydrogens is 324 g/mol. The molecule has 0 radical (unpaired) electrons. The molecule has 1 aromatic rings. The van der Waals surface area contributed by atoms with Gasteiger partial charge in [-0.05, 0) is 53.5 Å². The van der Waals surface area contributed by atoms with Gasteiger partial charge >= 0.3 is 5.97 Å². The van der Waals surface area contributed by atoms with Crippen molar-refractivity contribution in [2.24, 2.45) is 0 Å². The second kappa shape index (κ2) is 6.28. The van der Waals surface area contributed by atoms with Crippen molar-refractivity contribution in [3.05, 3.63) is 53.3 Å². The lowest BCUT2D eigenvalue weighted by atomic mass is 9.86. The van der Waals surface area contributed by atoms with Gasteiger partial charge in [0.15, 0.2) is 0 Å². The predicted octanol–water partition coefficient (Wildman–Crippen LogP) is 4.84. The largest absolute Gasteiger partial charge is 0.478 e. The van der Waals surface area contributed by atoms with E-state index in [4.69, 9.17) is 0 Å². The minimum absolute atomic E-state index is 0.0166. The van der Waals surface area contributed by atoms with Gasteiger partial charge in [0.25, 0.3) is 6.43 Å². The van der Waals surface area contributed by atoms with Gasteiger partial charge in [-0.25, -0.2) is 13.6 Å². The van der Waals surface area contributed by atoms with E-state index in [2.05, 4.69) is 26.8 Å². The molecule has 0 fully saturated rings. The topological polar surface area (TPSA) is 40.5 Å². The van der Waals surface area contributed by atoms with E-state index in [9.17, 15) is 18.7 Å². The molecule has 5 heteroatoms. The molecule has 0 saturated carbocycles. The lowest BCUT2D eigenvalue weighted by Crippen LogP contribution is -2.42. The molecule has 3 nitrogen and oxygen atoms in total. The van der Waals surface area contributed by atoms with Gasteiger partial charge in [0.05, 0.1) is 5.57 Å². The summed E-state index contributed by atoms with van der Waals surface area (Å²) < 4.78 is 27.5. The minimum atomic E-state index is -2.79. The number of aliphatic carboxylic acids is 1. The Balaban J connectivity index is 2.15. The highest BCUT2D eigenvalue weighted by Gasteiger charge is 2.41. The Morgan fingerprint density at radius 1 is 1.40 bits per heavy atom. The minimum Gasteiger partial charge on any atom is -0.478 e. The van der Waals surface area contributed by atoms with Crippen LogP contribution in [0.25, 0.3) is 0 Å². The lowest BCUT2D eigenvalue weighted by molar-refractivity contribution is -0.133. The van der Waals surface area contributed by atoms with Crippen LogP contribution in [0, 0.1) is 0 Å². The fourth-order valence-corrected chi connectivity index (χ4v) is 4.24. The molecule has 1 aliphatic carbocycles. The Bertz CT molecular complexity index is 752. The number of hydrogen-bond donors (Lipinski definition) is 1. The maximum Gasteiger partial charge on any atom is 0.333 e. The number of halogens is 2. The third kappa shape index (κ3) is 2.86. The summed E-state index contributed by atoms with van der Waals surface area (Å²) in [5.74, 6) is -1.02. The molecule has 1 N–H and O–H groups in total. The Morgan fingerprint density at radius 3 is 2.72 bits per heavy atom. The quantitative estimate of drug-likeness (QED) is 0.847. The monoisotopic (exact) mass is 347 g/mol. The SMILES string of the molecule is CCC1CC(C)(C)c2cccc(N3C=CC=C(C(=O)O)C3C(F)F)c21. The number of anilines is 1. The second-order valence-electron chi connectivity index (χ2n) is 7.39. The maximum atomic E-state index is 13.8. The van der Waals surface area contributed by atoms with Crippen LogP contribution in [0.4, 0.5) is 14.5 Å². The van der Waals surface area contributed by atoms with Crippen LogP contribution in [0.5, 0.6) is 0 Å². The van der Waals surface area contributed by atoms with Crippen molar-refractivity contribution in [1.29, 1.82) is 0 Å². The summed E-state index contributed by atoms with van der Waals surface area (Å²) in [5.41, 5.74) is 2.66. The molecule has 0 amide bonds. The molecule has 0 aromatic heterocycles. The van der Waals surface area contributed by atoms with Crippen LogP contribution >= 0.6 is 0 Å². The standard InChI is InChI=1S/C20H23F2NO2/c1-4-12-11-20(2,3)14-8-5-9-15(16(12)14)23-10-6-7-13(19(24)25)17(23)18(21)22/h5-10,12,17-18H,4,11H2,1-3H3,(H,24,25). The summed E-state index contributed by atoms with van der Waals surface area (Å²) in [6.45, 7) is 6.45. The van der Waals surface area contributed by atoms with Crippen LogP contribution in [0.3, 0.4) is 0 Å². The molecule has 1 aliphatic heterocycles. The van der Waals surface area contributed by atoms with E-state index in [-0.39, 0.29) is 16.9 Å². The molecule has 3 rings (SSSR count). The van der Waals surface area contributed by atoms with Gasteiger partial charge in [-0.2, -0.15) is 0 Å². The van der Waals surface area contributed by atoms with Crippen molar-refractivity contribution >= 4 is 11.7 Å². The molecule has 0 spiro atoms. The van der Waals surface area contributed by atoms with E-state index in [1.165, 1.54) is 22.6 Å². The molecule has 2 atom stereocenters. The number of carboxylic acid groups (broad SMARTS) is 1. The first kappa shape index (κ1) is 17.6. The molecule has 134 valence electrons. The van der Waals surface area contributed by atoms with E-state index < -0.39 is 18.4 Å². The highest BCUT2D eigenvalue weighted by molar-refractivity contribution is 5.90. The second-order valence-corrected chi connectivity index (χ2v) is 7.39. The van der Waals surface area contributed by atoms with Gasteiger partial charge < -0.3 is 10.0 Å². The van der Waals surface area contributed by atoms with Crippen LogP contribution in [-0.2, 0) is 10.2 Å². The Kier molecular flexibility index (Phi) is 4.43. The molecule has 0 bridgehead atoms. The van der Waals surface area contributed by atoms with Gasteiger partial charge in [0.1, 0.15) is 6.04 Å². The molecule has 2 unspecified atom stereocenters. The number of carboxylic acids is 1. The van der Waals surface area contributed by atoms with Crippen LogP contribution in [0.2, 0.25) is 0 Å². The zero-order valence-corrected chi connectivity index (χ0v) is 14.7. The van der Waals surface area contributed by atoms with Gasteiger partial charge in [0.2, 0.25) is 0 Å². The number of nitrogens with zero attached hydrogens (tertiary/aromatic N) is 1. The Morgan fingerprint density at radius 2 is 2.12 bits per heavy atom. The average molecular weight is 347 g/mol. The number of hydrogen-bond acceptors (Lipinski definition) is 2. The van der Waals surface area contributed by atoms with E-state index in [0.29, 0.717) is 5.69 Å². The summed E-state index contributed by atoms with van der Waals surface area (Å²) in [5, 5.41) is 9.33. The van der Waals surface area contributed by atoms with Crippen LogP contribution in [0.15, 0.2) is 42.1 Å². The summed E-state index contributed by atoms with van der Waals surface area (Å²) in [4.78, 5) is 12.9. The summed E-state index contributed by atoms with van der Waals surface area (Å²) in [7, 11) is 0. The number of allylic oxidation sites excluding steroid dienone is 2. The fraction of sp³-hybridized carbons (Fsp3) is 0.450. The number of rotatable bonds is 4. The number of carbonyl (C=O) groups is 1. The summed E-state index contributed by atoms with van der Waals surface area (Å²) in [6, 6.07) is 4.29. The summed E-state index contributed by atoms with van der Waals surface area (Å²) in [6.07, 6.45) is 3.46. The number of fused-ring (bicyclic) bond motifs is 1. The van der Waals surface area contributed by atoms with Gasteiger partial charge in [0, 0.05) is 11.9 Å². The zero-order valence-electron chi connectivity index (χ0n) is 14.7. The van der Waals surface area contributed by atoms with E-state index >= 15 is 0 Å². The third-order valence-electron chi connectivity index (χ3n) is 5.37. The molecule has 1 aromatic carbocycles. The first-order chi connectivity index (χ1) is 11.8. The van der Waals surface area contributed by atoms with Gasteiger partial charge in [-0.3, -0.25) is 0 Å². The average Bonchev–Trinajstić information content (AvgIpc) is 2.85. The molecular formula is C20H23F2NO2. The van der Waals surface area contributed by atoms with Crippen molar-refractivity contribution < 1.29 is 18.7 Å². The van der Waals surface area contributed by atoms with Gasteiger partial charge in [-0.15, -0.1) is 0 Å². The van der Waals surface area contributed by atoms with E-state index in [0.717, 1.165) is 18.4 Å². The fourth-order valence-electron chi connectivity index (χ4n) is 4.24. The van der Waals surface area contributed by atoms with Crippen molar-refractivity contribution in [1.82, 2.24) is 0 Å². The normalized spacial score (nSPS) is 24.4. The first-order valence-electron chi connectivity index (χ1n) is 8.59. The number of benzene rings is 1. The third-order valence-corrected chi connectivity index (χ3v) is 5.37. The number of alkyl halides is 2. The molecule has 0 saturated heterocycles. The Hall–Kier alpha value is -2.17. The highest BCUT2D eigenvalue weighted by Crippen LogP contribution is 2.51. The maximum absolute atomic E-state index is 13.8. The predicted molar refractivity (Wildman–Crippen MR) is 94.2 cm³/mol. The molecule has 2 aliphatic rings. The smallest absolute Gasteiger partial charge is 0.333 e. The lowest BCUT2D eigenvalue weighted by Gasteiger charge is -2.35. The Labute approximate surface area is 146 Å². The van der Waals surface area contributed by atoms with Crippen molar-refractivity contribution in [3.63, 3.8) is 0 Å². The van der Waals surface area contributed by atoms with E-state index in [1.54, 1.807) is 6.20 Å². The van der Waals surface area contributed by atoms with Crippen LogP contribution in [-0.4, -0.2) is 23.5 Å². The van der Waals surface area contributed by atoms with Crippen molar-refractivity contribution in [2.75, 3.05) is 4.90 Å². The van der Waals surface area contributed by atoms with Crippen LogP contribution in [0.1, 0.15) is 50.7 Å². The van der Waals surface area contributed by atoms with Crippen molar-refractivity contribution in [2.45, 2.75) is 57.4 Å². The summed E-state index contributed by atoms with van der Waals surface area (Å²) >= 11 is 0. The van der Waals surface area contributed by atoms with Crippen molar-refractivity contribution in [3.8, 4) is 0 Å². The highest BCUT2D eigenvalue weighted by atomic mass is 19.3. The molecule has 25 heavy (non-hydrogen) atoms.